The molecule has 0 aliphatic carbocycles. The second-order valence-corrected chi connectivity index (χ2v) is 5.45. The lowest BCUT2D eigenvalue weighted by atomic mass is 10.1. The van der Waals surface area contributed by atoms with Crippen molar-refractivity contribution in [3.63, 3.8) is 0 Å². The number of hydrogen-bond donors (Lipinski definition) is 1. The normalized spacial score (nSPS) is 17.4. The molecule has 1 saturated heterocycles. The average Bonchev–Trinajstić information content (AvgIpc) is 2.29. The number of nitrogens with two attached hydrogens (primary N) is 1. The Morgan fingerprint density at radius 2 is 1.94 bits per heavy atom. The van der Waals surface area contributed by atoms with Crippen LogP contribution >= 0.6 is 0 Å². The predicted molar refractivity (Wildman–Crippen MR) is 61.7 cm³/mol. The van der Waals surface area contributed by atoms with Gasteiger partial charge >= 0.3 is 0 Å². The molecular weight excluding hydrogens is 226 g/mol. The number of aromatic nitrogens is 1. The van der Waals surface area contributed by atoms with E-state index >= 15 is 0 Å². The summed E-state index contributed by atoms with van der Waals surface area (Å²) in [5.74, 6) is 0.490. The third-order valence-electron chi connectivity index (χ3n) is 2.71. The molecule has 0 amide bonds. The summed E-state index contributed by atoms with van der Waals surface area (Å²) in [6.45, 7) is 1.69. The molecule has 0 unspecified atom stereocenters. The van der Waals surface area contributed by atoms with Crippen molar-refractivity contribution in [2.75, 3.05) is 18.0 Å². The highest BCUT2D eigenvalue weighted by Gasteiger charge is 2.20. The lowest BCUT2D eigenvalue weighted by Crippen LogP contribution is -2.32. The SMILES string of the molecule is NS(=O)(=O)c1cccnc1N1CCCCC1. The van der Waals surface area contributed by atoms with E-state index in [2.05, 4.69) is 4.98 Å². The summed E-state index contributed by atoms with van der Waals surface area (Å²) >= 11 is 0. The van der Waals surface area contributed by atoms with Crippen molar-refractivity contribution >= 4 is 15.8 Å². The van der Waals surface area contributed by atoms with Gasteiger partial charge in [0.1, 0.15) is 10.7 Å². The lowest BCUT2D eigenvalue weighted by Gasteiger charge is -2.28. The molecule has 1 aromatic rings. The fraction of sp³-hybridized carbons (Fsp3) is 0.500. The Bertz CT molecular complexity index is 467. The molecule has 2 heterocycles. The summed E-state index contributed by atoms with van der Waals surface area (Å²) in [4.78, 5) is 6.25. The summed E-state index contributed by atoms with van der Waals surface area (Å²) in [5.41, 5.74) is 0. The van der Waals surface area contributed by atoms with Gasteiger partial charge in [-0.05, 0) is 31.4 Å². The molecule has 0 spiro atoms. The van der Waals surface area contributed by atoms with Crippen LogP contribution in [-0.4, -0.2) is 26.5 Å². The first-order valence-electron chi connectivity index (χ1n) is 5.32. The maximum absolute atomic E-state index is 11.4. The lowest BCUT2D eigenvalue weighted by molar-refractivity contribution is 0.566. The third-order valence-corrected chi connectivity index (χ3v) is 3.64. The van der Waals surface area contributed by atoms with Crippen LogP contribution in [0.4, 0.5) is 5.82 Å². The zero-order chi connectivity index (χ0) is 11.6. The molecule has 1 fully saturated rings. The van der Waals surface area contributed by atoms with E-state index in [1.165, 1.54) is 12.5 Å². The standard InChI is InChI=1S/C10H15N3O2S/c11-16(14,15)9-5-4-6-12-10(9)13-7-2-1-3-8-13/h4-6H,1-3,7-8H2,(H2,11,14,15). The van der Waals surface area contributed by atoms with E-state index in [1.807, 2.05) is 4.90 Å². The number of rotatable bonds is 2. The molecule has 0 radical (unpaired) electrons. The van der Waals surface area contributed by atoms with E-state index in [0.717, 1.165) is 25.9 Å². The van der Waals surface area contributed by atoms with Gasteiger partial charge in [-0.1, -0.05) is 0 Å². The predicted octanol–water partition coefficient (Wildman–Crippen LogP) is 0.719. The molecule has 2 rings (SSSR count). The van der Waals surface area contributed by atoms with E-state index in [1.54, 1.807) is 12.3 Å². The van der Waals surface area contributed by atoms with Crippen LogP contribution in [0.3, 0.4) is 0 Å². The average molecular weight is 241 g/mol. The Labute approximate surface area is 95.3 Å². The highest BCUT2D eigenvalue weighted by molar-refractivity contribution is 7.89. The van der Waals surface area contributed by atoms with Gasteiger partial charge in [-0.3, -0.25) is 0 Å². The first-order chi connectivity index (χ1) is 7.59. The molecule has 1 aromatic heterocycles. The Kier molecular flexibility index (Phi) is 3.11. The first-order valence-corrected chi connectivity index (χ1v) is 6.86. The Morgan fingerprint density at radius 3 is 2.56 bits per heavy atom. The molecule has 2 N–H and O–H groups in total. The van der Waals surface area contributed by atoms with Crippen LogP contribution in [0.2, 0.25) is 0 Å². The van der Waals surface area contributed by atoms with Crippen LogP contribution in [0.15, 0.2) is 23.2 Å². The number of hydrogen-bond acceptors (Lipinski definition) is 4. The number of primary sulfonamides is 1. The highest BCUT2D eigenvalue weighted by atomic mass is 32.2. The molecule has 0 atom stereocenters. The molecule has 0 bridgehead atoms. The monoisotopic (exact) mass is 241 g/mol. The van der Waals surface area contributed by atoms with Crippen LogP contribution < -0.4 is 10.0 Å². The summed E-state index contributed by atoms with van der Waals surface area (Å²) in [7, 11) is -3.69. The fourth-order valence-electron chi connectivity index (χ4n) is 1.95. The van der Waals surface area contributed by atoms with Gasteiger partial charge in [0, 0.05) is 19.3 Å². The van der Waals surface area contributed by atoms with Gasteiger partial charge in [-0.25, -0.2) is 18.5 Å². The zero-order valence-electron chi connectivity index (χ0n) is 8.96. The van der Waals surface area contributed by atoms with Crippen LogP contribution in [0.5, 0.6) is 0 Å². The van der Waals surface area contributed by atoms with E-state index < -0.39 is 10.0 Å². The van der Waals surface area contributed by atoms with Crippen molar-refractivity contribution in [1.29, 1.82) is 0 Å². The van der Waals surface area contributed by atoms with Crippen molar-refractivity contribution in [2.24, 2.45) is 5.14 Å². The number of sulfonamides is 1. The quantitative estimate of drug-likeness (QED) is 0.827. The Balaban J connectivity index is 2.40. The van der Waals surface area contributed by atoms with Crippen molar-refractivity contribution in [3.05, 3.63) is 18.3 Å². The van der Waals surface area contributed by atoms with Crippen LogP contribution in [0.25, 0.3) is 0 Å². The molecule has 0 saturated carbocycles. The van der Waals surface area contributed by atoms with Crippen LogP contribution in [0.1, 0.15) is 19.3 Å². The third kappa shape index (κ3) is 2.33. The van der Waals surface area contributed by atoms with Gasteiger partial charge in [0.15, 0.2) is 0 Å². The molecule has 16 heavy (non-hydrogen) atoms. The van der Waals surface area contributed by atoms with Gasteiger partial charge in [0.05, 0.1) is 0 Å². The maximum Gasteiger partial charge on any atom is 0.241 e. The molecule has 5 nitrogen and oxygen atoms in total. The van der Waals surface area contributed by atoms with Crippen molar-refractivity contribution in [3.8, 4) is 0 Å². The highest BCUT2D eigenvalue weighted by Crippen LogP contribution is 2.23. The number of pyridine rings is 1. The van der Waals surface area contributed by atoms with E-state index in [0.29, 0.717) is 5.82 Å². The fourth-order valence-corrected chi connectivity index (χ4v) is 2.65. The van der Waals surface area contributed by atoms with E-state index in [4.69, 9.17) is 5.14 Å². The topological polar surface area (TPSA) is 76.3 Å². The molecule has 1 aliphatic rings. The van der Waals surface area contributed by atoms with Gasteiger partial charge in [0.25, 0.3) is 0 Å². The Hall–Kier alpha value is -1.14. The van der Waals surface area contributed by atoms with Crippen LogP contribution in [0, 0.1) is 0 Å². The van der Waals surface area contributed by atoms with Gasteiger partial charge in [0.2, 0.25) is 10.0 Å². The first kappa shape index (κ1) is 11.3. The van der Waals surface area contributed by atoms with Gasteiger partial charge in [-0.2, -0.15) is 0 Å². The second-order valence-electron chi connectivity index (χ2n) is 3.92. The minimum Gasteiger partial charge on any atom is -0.355 e. The summed E-state index contributed by atoms with van der Waals surface area (Å²) < 4.78 is 22.8. The number of piperidine rings is 1. The minimum absolute atomic E-state index is 0.122. The smallest absolute Gasteiger partial charge is 0.241 e. The molecule has 88 valence electrons. The summed E-state index contributed by atoms with van der Waals surface area (Å²) in [6.07, 6.45) is 4.92. The molecule has 0 aromatic carbocycles. The summed E-state index contributed by atoms with van der Waals surface area (Å²) in [6, 6.07) is 3.10. The van der Waals surface area contributed by atoms with Crippen molar-refractivity contribution < 1.29 is 8.42 Å². The van der Waals surface area contributed by atoms with Crippen molar-refractivity contribution in [2.45, 2.75) is 24.2 Å². The molecular formula is C10H15N3O2S. The van der Waals surface area contributed by atoms with E-state index in [-0.39, 0.29) is 4.90 Å². The number of anilines is 1. The largest absolute Gasteiger partial charge is 0.355 e. The van der Waals surface area contributed by atoms with Crippen LogP contribution in [-0.2, 0) is 10.0 Å². The Morgan fingerprint density at radius 1 is 1.25 bits per heavy atom. The molecule has 1 aliphatic heterocycles. The number of nitrogens with zero attached hydrogens (tertiary/aromatic N) is 2. The van der Waals surface area contributed by atoms with E-state index in [9.17, 15) is 8.42 Å². The summed E-state index contributed by atoms with van der Waals surface area (Å²) in [5, 5.41) is 5.17. The molecule has 6 heteroatoms. The van der Waals surface area contributed by atoms with Gasteiger partial charge in [-0.15, -0.1) is 0 Å². The second kappa shape index (κ2) is 4.39. The van der Waals surface area contributed by atoms with Gasteiger partial charge < -0.3 is 4.90 Å². The maximum atomic E-state index is 11.4. The van der Waals surface area contributed by atoms with Crippen molar-refractivity contribution in [1.82, 2.24) is 4.98 Å². The minimum atomic E-state index is -3.69. The zero-order valence-corrected chi connectivity index (χ0v) is 9.78.